The predicted octanol–water partition coefficient (Wildman–Crippen LogP) is 1.27. The molecule has 142 valence electrons. The lowest BCUT2D eigenvalue weighted by Gasteiger charge is -2.20. The van der Waals surface area contributed by atoms with E-state index in [0.717, 1.165) is 29.3 Å². The minimum Gasteiger partial charge on any atom is -0.368 e. The van der Waals surface area contributed by atoms with Crippen molar-refractivity contribution in [3.63, 3.8) is 0 Å². The molecule has 1 aromatic carbocycles. The smallest absolute Gasteiger partial charge is 0.249 e. The number of rotatable bonds is 8. The Labute approximate surface area is 153 Å². The van der Waals surface area contributed by atoms with Crippen LogP contribution in [0.4, 0.5) is 0 Å². The number of benzene rings is 1. The first-order chi connectivity index (χ1) is 12.4. The van der Waals surface area contributed by atoms with Crippen molar-refractivity contribution in [2.24, 2.45) is 0 Å². The summed E-state index contributed by atoms with van der Waals surface area (Å²) < 4.78 is 30.9. The second-order valence-corrected chi connectivity index (χ2v) is 8.55. The number of ether oxygens (including phenoxy) is 1. The van der Waals surface area contributed by atoms with E-state index in [9.17, 15) is 13.2 Å². The molecule has 2 heterocycles. The van der Waals surface area contributed by atoms with Gasteiger partial charge in [0.15, 0.2) is 0 Å². The van der Waals surface area contributed by atoms with Crippen LogP contribution in [0.2, 0.25) is 0 Å². The zero-order valence-corrected chi connectivity index (χ0v) is 15.7. The number of amides is 1. The maximum atomic E-state index is 12.1. The van der Waals surface area contributed by atoms with Crippen molar-refractivity contribution in [2.45, 2.75) is 25.4 Å². The van der Waals surface area contributed by atoms with Gasteiger partial charge in [-0.15, -0.1) is 0 Å². The van der Waals surface area contributed by atoms with E-state index in [1.165, 1.54) is 10.6 Å². The van der Waals surface area contributed by atoms with Crippen LogP contribution in [0.3, 0.4) is 0 Å². The molecule has 1 aliphatic heterocycles. The number of aromatic amines is 1. The lowest BCUT2D eigenvalue weighted by Crippen LogP contribution is -2.41. The van der Waals surface area contributed by atoms with Crippen molar-refractivity contribution in [1.29, 1.82) is 0 Å². The van der Waals surface area contributed by atoms with Crippen molar-refractivity contribution < 1.29 is 17.9 Å². The minimum absolute atomic E-state index is 0.160. The molecule has 0 aliphatic carbocycles. The maximum Gasteiger partial charge on any atom is 0.249 e. The zero-order valence-electron chi connectivity index (χ0n) is 14.9. The Balaban J connectivity index is 1.55. The van der Waals surface area contributed by atoms with Crippen molar-refractivity contribution in [2.75, 3.05) is 32.5 Å². The predicted molar refractivity (Wildman–Crippen MR) is 100 cm³/mol. The van der Waals surface area contributed by atoms with Gasteiger partial charge in [0.05, 0.1) is 6.26 Å². The molecule has 1 aromatic heterocycles. The number of para-hydroxylation sites is 1. The first-order valence-electron chi connectivity index (χ1n) is 8.84. The highest BCUT2D eigenvalue weighted by Gasteiger charge is 2.24. The number of carbonyl (C=O) groups excluding carboxylic acids is 1. The second-order valence-electron chi connectivity index (χ2n) is 6.56. The van der Waals surface area contributed by atoms with Gasteiger partial charge in [-0.05, 0) is 30.9 Å². The normalized spacial score (nSPS) is 17.8. The summed E-state index contributed by atoms with van der Waals surface area (Å²) in [5.41, 5.74) is 2.12. The number of hydrogen-bond acceptors (Lipinski definition) is 4. The Morgan fingerprint density at radius 3 is 2.88 bits per heavy atom. The van der Waals surface area contributed by atoms with Gasteiger partial charge in [0.2, 0.25) is 15.9 Å². The van der Waals surface area contributed by atoms with Gasteiger partial charge in [0.1, 0.15) is 6.10 Å². The lowest BCUT2D eigenvalue weighted by atomic mass is 10.1. The highest BCUT2D eigenvalue weighted by molar-refractivity contribution is 7.88. The van der Waals surface area contributed by atoms with E-state index in [2.05, 4.69) is 10.3 Å². The van der Waals surface area contributed by atoms with E-state index < -0.39 is 16.1 Å². The van der Waals surface area contributed by atoms with Crippen LogP contribution in [-0.2, 0) is 26.0 Å². The molecule has 1 saturated heterocycles. The van der Waals surface area contributed by atoms with Gasteiger partial charge in [-0.25, -0.2) is 12.7 Å². The quantitative estimate of drug-likeness (QED) is 0.722. The van der Waals surface area contributed by atoms with Gasteiger partial charge in [0, 0.05) is 43.3 Å². The molecule has 1 aliphatic rings. The Morgan fingerprint density at radius 1 is 1.35 bits per heavy atom. The molecule has 0 spiro atoms. The molecule has 2 N–H and O–H groups in total. The van der Waals surface area contributed by atoms with Crippen molar-refractivity contribution >= 4 is 26.8 Å². The maximum absolute atomic E-state index is 12.1. The van der Waals surface area contributed by atoms with Crippen LogP contribution in [0.1, 0.15) is 18.4 Å². The van der Waals surface area contributed by atoms with Crippen LogP contribution in [-0.4, -0.2) is 62.2 Å². The zero-order chi connectivity index (χ0) is 18.6. The number of fused-ring (bicyclic) bond motifs is 1. The van der Waals surface area contributed by atoms with Gasteiger partial charge < -0.3 is 15.0 Å². The third-order valence-corrected chi connectivity index (χ3v) is 5.96. The fraction of sp³-hybridized carbons (Fsp3) is 0.500. The van der Waals surface area contributed by atoms with E-state index in [0.29, 0.717) is 19.6 Å². The fourth-order valence-electron chi connectivity index (χ4n) is 3.23. The van der Waals surface area contributed by atoms with E-state index in [-0.39, 0.29) is 19.0 Å². The van der Waals surface area contributed by atoms with Crippen LogP contribution >= 0.6 is 0 Å². The second kappa shape index (κ2) is 8.20. The summed E-state index contributed by atoms with van der Waals surface area (Å²) in [7, 11) is -3.35. The number of aromatic nitrogens is 1. The third kappa shape index (κ3) is 4.63. The monoisotopic (exact) mass is 379 g/mol. The van der Waals surface area contributed by atoms with Crippen LogP contribution in [0, 0.1) is 0 Å². The number of carbonyl (C=O) groups is 1. The lowest BCUT2D eigenvalue weighted by molar-refractivity contribution is -0.130. The largest absolute Gasteiger partial charge is 0.368 e. The van der Waals surface area contributed by atoms with Gasteiger partial charge in [-0.3, -0.25) is 4.79 Å². The molecule has 1 fully saturated rings. The standard InChI is InChI=1S/C18H25N3O4S/c1-26(23,24)21(11-9-19-18(22)17-7-4-12-25-17)10-8-14-13-20-16-6-3-2-5-15(14)16/h2-3,5-6,13,17,20H,4,7-12H2,1H3,(H,19,22). The summed E-state index contributed by atoms with van der Waals surface area (Å²) in [6, 6.07) is 7.94. The summed E-state index contributed by atoms with van der Waals surface area (Å²) in [5.74, 6) is -0.160. The number of sulfonamides is 1. The molecule has 8 heteroatoms. The molecule has 0 saturated carbocycles. The van der Waals surface area contributed by atoms with Crippen LogP contribution in [0.25, 0.3) is 10.9 Å². The first kappa shape index (κ1) is 18.9. The summed E-state index contributed by atoms with van der Waals surface area (Å²) in [6.45, 7) is 1.51. The molecule has 1 unspecified atom stereocenters. The SMILES string of the molecule is CS(=O)(=O)N(CCNC(=O)C1CCCO1)CCc1c[nH]c2ccccc12. The van der Waals surface area contributed by atoms with E-state index in [1.54, 1.807) is 0 Å². The molecule has 1 amide bonds. The molecule has 0 bridgehead atoms. The highest BCUT2D eigenvalue weighted by Crippen LogP contribution is 2.18. The summed E-state index contributed by atoms with van der Waals surface area (Å²) >= 11 is 0. The van der Waals surface area contributed by atoms with Gasteiger partial charge >= 0.3 is 0 Å². The van der Waals surface area contributed by atoms with E-state index >= 15 is 0 Å². The van der Waals surface area contributed by atoms with Crippen LogP contribution in [0.15, 0.2) is 30.5 Å². The molecule has 7 nitrogen and oxygen atoms in total. The molecular weight excluding hydrogens is 354 g/mol. The number of nitrogens with one attached hydrogen (secondary N) is 2. The van der Waals surface area contributed by atoms with Gasteiger partial charge in [-0.1, -0.05) is 18.2 Å². The average molecular weight is 379 g/mol. The molecule has 0 radical (unpaired) electrons. The highest BCUT2D eigenvalue weighted by atomic mass is 32.2. The number of hydrogen-bond donors (Lipinski definition) is 2. The topological polar surface area (TPSA) is 91.5 Å². The third-order valence-electron chi connectivity index (χ3n) is 4.66. The summed E-state index contributed by atoms with van der Waals surface area (Å²) in [5, 5.41) is 3.88. The molecule has 3 rings (SSSR count). The molecule has 1 atom stereocenters. The number of H-pyrrole nitrogens is 1. The Bertz CT molecular complexity index is 856. The van der Waals surface area contributed by atoms with Crippen LogP contribution in [0.5, 0.6) is 0 Å². The Hall–Kier alpha value is -1.90. The summed E-state index contributed by atoms with van der Waals surface area (Å²) in [4.78, 5) is 15.2. The Morgan fingerprint density at radius 2 is 2.15 bits per heavy atom. The van der Waals surface area contributed by atoms with Crippen molar-refractivity contribution in [1.82, 2.24) is 14.6 Å². The Kier molecular flexibility index (Phi) is 5.95. The fourth-order valence-corrected chi connectivity index (χ4v) is 4.07. The van der Waals surface area contributed by atoms with Crippen molar-refractivity contribution in [3.05, 3.63) is 36.0 Å². The van der Waals surface area contributed by atoms with Gasteiger partial charge in [-0.2, -0.15) is 0 Å². The van der Waals surface area contributed by atoms with E-state index in [4.69, 9.17) is 4.74 Å². The van der Waals surface area contributed by atoms with Crippen molar-refractivity contribution in [3.8, 4) is 0 Å². The summed E-state index contributed by atoms with van der Waals surface area (Å²) in [6.07, 6.45) is 4.94. The first-order valence-corrected chi connectivity index (χ1v) is 10.7. The van der Waals surface area contributed by atoms with Crippen LogP contribution < -0.4 is 5.32 Å². The van der Waals surface area contributed by atoms with E-state index in [1.807, 2.05) is 30.5 Å². The minimum atomic E-state index is -3.35. The average Bonchev–Trinajstić information content (AvgIpc) is 3.26. The molecule has 2 aromatic rings. The van der Waals surface area contributed by atoms with Gasteiger partial charge in [0.25, 0.3) is 0 Å². The molecular formula is C18H25N3O4S. The number of nitrogens with zero attached hydrogens (tertiary/aromatic N) is 1. The molecule has 26 heavy (non-hydrogen) atoms.